The molecule has 2 aromatic rings. The van der Waals surface area contributed by atoms with E-state index in [2.05, 4.69) is 4.98 Å². The van der Waals surface area contributed by atoms with E-state index in [0.29, 0.717) is 23.9 Å². The number of hydrogen-bond acceptors (Lipinski definition) is 1. The van der Waals surface area contributed by atoms with Crippen molar-refractivity contribution < 1.29 is 26.3 Å². The van der Waals surface area contributed by atoms with Gasteiger partial charge in [-0.3, -0.25) is 0 Å². The molecule has 2 rings (SSSR count). The SMILES string of the molecule is CC(C)(C)c1cn(-c2cc(C(F)(F)F)ccc2C(F)(F)F)cn1. The number of aromatic nitrogens is 2. The van der Waals surface area contributed by atoms with Gasteiger partial charge in [-0.15, -0.1) is 0 Å². The van der Waals surface area contributed by atoms with Gasteiger partial charge in [-0.1, -0.05) is 20.8 Å². The van der Waals surface area contributed by atoms with Crippen molar-refractivity contribution in [2.24, 2.45) is 0 Å². The highest BCUT2D eigenvalue weighted by molar-refractivity contribution is 5.47. The second-order valence-electron chi connectivity index (χ2n) is 6.14. The molecule has 126 valence electrons. The molecule has 0 saturated carbocycles. The molecule has 1 heterocycles. The fourth-order valence-corrected chi connectivity index (χ4v) is 2.00. The maximum absolute atomic E-state index is 13.1. The molecule has 0 N–H and O–H groups in total. The van der Waals surface area contributed by atoms with Crippen LogP contribution in [0.5, 0.6) is 0 Å². The summed E-state index contributed by atoms with van der Waals surface area (Å²) >= 11 is 0. The second kappa shape index (κ2) is 5.28. The summed E-state index contributed by atoms with van der Waals surface area (Å²) in [5.41, 5.74) is -2.86. The number of benzene rings is 1. The molecule has 1 aromatic heterocycles. The van der Waals surface area contributed by atoms with Gasteiger partial charge < -0.3 is 4.57 Å². The Kier molecular flexibility index (Phi) is 3.99. The van der Waals surface area contributed by atoms with Crippen LogP contribution in [0.25, 0.3) is 5.69 Å². The Labute approximate surface area is 128 Å². The minimum absolute atomic E-state index is 0.425. The van der Waals surface area contributed by atoms with Crippen LogP contribution in [0, 0.1) is 0 Å². The lowest BCUT2D eigenvalue weighted by molar-refractivity contribution is -0.141. The lowest BCUT2D eigenvalue weighted by atomic mass is 9.93. The molecule has 0 bridgehead atoms. The minimum Gasteiger partial charge on any atom is -0.305 e. The predicted octanol–water partition coefficient (Wildman–Crippen LogP) is 5.21. The van der Waals surface area contributed by atoms with Gasteiger partial charge in [0.15, 0.2) is 0 Å². The summed E-state index contributed by atoms with van der Waals surface area (Å²) in [7, 11) is 0. The predicted molar refractivity (Wildman–Crippen MR) is 72.3 cm³/mol. The van der Waals surface area contributed by atoms with Crippen LogP contribution < -0.4 is 0 Å². The summed E-state index contributed by atoms with van der Waals surface area (Å²) in [5, 5.41) is 0. The highest BCUT2D eigenvalue weighted by atomic mass is 19.4. The lowest BCUT2D eigenvalue weighted by Gasteiger charge is -2.17. The quantitative estimate of drug-likeness (QED) is 0.654. The van der Waals surface area contributed by atoms with E-state index in [1.165, 1.54) is 6.20 Å². The van der Waals surface area contributed by atoms with Crippen LogP contribution in [0.3, 0.4) is 0 Å². The van der Waals surface area contributed by atoms with Crippen LogP contribution in [-0.4, -0.2) is 9.55 Å². The Hall–Kier alpha value is -1.99. The molecule has 0 saturated heterocycles. The van der Waals surface area contributed by atoms with Gasteiger partial charge in [0, 0.05) is 11.6 Å². The summed E-state index contributed by atoms with van der Waals surface area (Å²) in [5.74, 6) is 0. The fourth-order valence-electron chi connectivity index (χ4n) is 2.00. The topological polar surface area (TPSA) is 17.8 Å². The van der Waals surface area contributed by atoms with Gasteiger partial charge in [0.05, 0.1) is 28.8 Å². The van der Waals surface area contributed by atoms with Crippen LogP contribution in [0.2, 0.25) is 0 Å². The molecule has 0 aliphatic rings. The van der Waals surface area contributed by atoms with Crippen LogP contribution in [0.4, 0.5) is 26.3 Å². The third-order valence-corrected chi connectivity index (χ3v) is 3.26. The molecule has 0 radical (unpaired) electrons. The summed E-state index contributed by atoms with van der Waals surface area (Å²) in [4.78, 5) is 3.99. The maximum atomic E-state index is 13.1. The highest BCUT2D eigenvalue weighted by Gasteiger charge is 2.37. The second-order valence-corrected chi connectivity index (χ2v) is 6.14. The molecule has 0 aliphatic carbocycles. The zero-order valence-corrected chi connectivity index (χ0v) is 12.5. The Morgan fingerprint density at radius 2 is 1.52 bits per heavy atom. The van der Waals surface area contributed by atoms with Gasteiger partial charge in [-0.05, 0) is 18.2 Å². The van der Waals surface area contributed by atoms with Crippen LogP contribution >= 0.6 is 0 Å². The van der Waals surface area contributed by atoms with Crippen LogP contribution in [-0.2, 0) is 17.8 Å². The summed E-state index contributed by atoms with van der Waals surface area (Å²) in [6.45, 7) is 5.41. The smallest absolute Gasteiger partial charge is 0.305 e. The van der Waals surface area contributed by atoms with Crippen molar-refractivity contribution in [3.8, 4) is 5.69 Å². The Morgan fingerprint density at radius 1 is 0.913 bits per heavy atom. The van der Waals surface area contributed by atoms with Crippen molar-refractivity contribution >= 4 is 0 Å². The van der Waals surface area contributed by atoms with Crippen LogP contribution in [0.15, 0.2) is 30.7 Å². The van der Waals surface area contributed by atoms with Gasteiger partial charge in [-0.25, -0.2) is 4.98 Å². The fraction of sp³-hybridized carbons (Fsp3) is 0.400. The first-order valence-electron chi connectivity index (χ1n) is 6.63. The molecule has 0 atom stereocenters. The van der Waals surface area contributed by atoms with Gasteiger partial charge in [0.2, 0.25) is 0 Å². The standard InChI is InChI=1S/C15H14F6N2/c1-13(2,3)12-7-23(8-22-12)11-6-9(14(16,17)18)4-5-10(11)15(19,20)21/h4-8H,1-3H3. The average molecular weight is 336 g/mol. The number of alkyl halides is 6. The molecule has 23 heavy (non-hydrogen) atoms. The van der Waals surface area contributed by atoms with Gasteiger partial charge >= 0.3 is 12.4 Å². The molecule has 0 fully saturated rings. The van der Waals surface area contributed by atoms with Gasteiger partial charge in [0.25, 0.3) is 0 Å². The van der Waals surface area contributed by atoms with Gasteiger partial charge in [0.1, 0.15) is 0 Å². The van der Waals surface area contributed by atoms with E-state index in [1.807, 2.05) is 0 Å². The zero-order valence-electron chi connectivity index (χ0n) is 12.5. The number of hydrogen-bond donors (Lipinski definition) is 0. The monoisotopic (exact) mass is 336 g/mol. The van der Waals surface area contributed by atoms with E-state index in [0.717, 1.165) is 10.9 Å². The van der Waals surface area contributed by atoms with E-state index >= 15 is 0 Å². The van der Waals surface area contributed by atoms with Crippen molar-refractivity contribution in [1.82, 2.24) is 9.55 Å². The average Bonchev–Trinajstić information content (AvgIpc) is 2.85. The highest BCUT2D eigenvalue weighted by Crippen LogP contribution is 2.38. The first-order valence-corrected chi connectivity index (χ1v) is 6.63. The lowest BCUT2D eigenvalue weighted by Crippen LogP contribution is -2.14. The van der Waals surface area contributed by atoms with Crippen molar-refractivity contribution in [3.63, 3.8) is 0 Å². The van der Waals surface area contributed by atoms with Gasteiger partial charge in [-0.2, -0.15) is 26.3 Å². The van der Waals surface area contributed by atoms with Crippen molar-refractivity contribution in [2.75, 3.05) is 0 Å². The van der Waals surface area contributed by atoms with E-state index in [1.54, 1.807) is 20.8 Å². The van der Waals surface area contributed by atoms with E-state index < -0.39 is 34.6 Å². The van der Waals surface area contributed by atoms with Crippen molar-refractivity contribution in [3.05, 3.63) is 47.5 Å². The maximum Gasteiger partial charge on any atom is 0.418 e. The molecule has 8 heteroatoms. The molecule has 0 amide bonds. The van der Waals surface area contributed by atoms with E-state index in [4.69, 9.17) is 0 Å². The molecular weight excluding hydrogens is 322 g/mol. The first-order chi connectivity index (χ1) is 10.3. The number of rotatable bonds is 1. The number of imidazole rings is 1. The normalized spacial score (nSPS) is 13.4. The summed E-state index contributed by atoms with van der Waals surface area (Å²) in [6.07, 6.45) is -7.10. The van der Waals surface area contributed by atoms with Crippen LogP contribution in [0.1, 0.15) is 37.6 Å². The Bertz CT molecular complexity index is 704. The first kappa shape index (κ1) is 17.4. The molecule has 0 spiro atoms. The molecule has 2 nitrogen and oxygen atoms in total. The largest absolute Gasteiger partial charge is 0.418 e. The third-order valence-electron chi connectivity index (χ3n) is 3.26. The van der Waals surface area contributed by atoms with Crippen molar-refractivity contribution in [1.29, 1.82) is 0 Å². The molecule has 0 aliphatic heterocycles. The molecule has 1 aromatic carbocycles. The summed E-state index contributed by atoms with van der Waals surface area (Å²) < 4.78 is 78.6. The number of nitrogens with zero attached hydrogens (tertiary/aromatic N) is 2. The minimum atomic E-state index is -4.77. The number of halogens is 6. The Balaban J connectivity index is 2.65. The zero-order chi connectivity index (χ0) is 17.6. The third kappa shape index (κ3) is 3.68. The van der Waals surface area contributed by atoms with E-state index in [-0.39, 0.29) is 0 Å². The summed E-state index contributed by atoms with van der Waals surface area (Å²) in [6, 6.07) is 1.35. The molecule has 0 unspecified atom stereocenters. The Morgan fingerprint density at radius 3 is 1.96 bits per heavy atom. The van der Waals surface area contributed by atoms with Crippen molar-refractivity contribution in [2.45, 2.75) is 38.5 Å². The van der Waals surface area contributed by atoms with E-state index in [9.17, 15) is 26.3 Å². The molecular formula is C15H14F6N2.